The second kappa shape index (κ2) is 7.03. The molecule has 0 aromatic heterocycles. The van der Waals surface area contributed by atoms with Crippen molar-refractivity contribution >= 4 is 5.91 Å². The zero-order valence-electron chi connectivity index (χ0n) is 20.1. The Bertz CT molecular complexity index is 749. The van der Waals surface area contributed by atoms with E-state index in [0.29, 0.717) is 11.5 Å². The molecule has 0 N–H and O–H groups in total. The summed E-state index contributed by atoms with van der Waals surface area (Å²) in [7, 11) is 0. The molecule has 3 heteroatoms. The van der Waals surface area contributed by atoms with E-state index in [1.165, 1.54) is 17.5 Å². The van der Waals surface area contributed by atoms with Gasteiger partial charge in [-0.25, -0.2) is 0 Å². The van der Waals surface area contributed by atoms with Gasteiger partial charge < -0.3 is 9.64 Å². The molecule has 2 fully saturated rings. The lowest BCUT2D eigenvalue weighted by molar-refractivity contribution is -0.134. The van der Waals surface area contributed by atoms with Crippen LogP contribution >= 0.6 is 0 Å². The fourth-order valence-corrected chi connectivity index (χ4v) is 5.53. The number of likely N-dealkylation sites (tertiary alicyclic amines) is 1. The molecule has 1 saturated heterocycles. The van der Waals surface area contributed by atoms with Crippen molar-refractivity contribution in [2.75, 3.05) is 13.2 Å². The van der Waals surface area contributed by atoms with Crippen molar-refractivity contribution in [1.29, 1.82) is 0 Å². The van der Waals surface area contributed by atoms with Crippen LogP contribution in [0.4, 0.5) is 0 Å². The molecule has 1 aromatic carbocycles. The first-order valence-electron chi connectivity index (χ1n) is 11.2. The van der Waals surface area contributed by atoms with Gasteiger partial charge in [-0.05, 0) is 64.2 Å². The number of benzene rings is 1. The van der Waals surface area contributed by atoms with Crippen molar-refractivity contribution in [3.63, 3.8) is 0 Å². The van der Waals surface area contributed by atoms with Crippen molar-refractivity contribution in [2.24, 2.45) is 10.8 Å². The molecule has 0 spiro atoms. The van der Waals surface area contributed by atoms with Crippen LogP contribution in [0.5, 0.6) is 5.75 Å². The highest BCUT2D eigenvalue weighted by Crippen LogP contribution is 2.52. The Kier molecular flexibility index (Phi) is 5.37. The number of amides is 1. The van der Waals surface area contributed by atoms with Crippen LogP contribution in [-0.4, -0.2) is 30.0 Å². The van der Waals surface area contributed by atoms with E-state index in [1.807, 2.05) is 0 Å². The molecule has 0 radical (unpaired) electrons. The average molecular weight is 400 g/mol. The lowest BCUT2D eigenvalue weighted by Gasteiger charge is -2.39. The van der Waals surface area contributed by atoms with Crippen molar-refractivity contribution in [3.05, 3.63) is 29.3 Å². The van der Waals surface area contributed by atoms with Crippen LogP contribution in [0, 0.1) is 10.8 Å². The van der Waals surface area contributed by atoms with E-state index < -0.39 is 0 Å². The van der Waals surface area contributed by atoms with E-state index in [1.54, 1.807) is 0 Å². The normalized spacial score (nSPS) is 26.5. The first-order chi connectivity index (χ1) is 13.1. The lowest BCUT2D eigenvalue weighted by atomic mass is 9.65. The maximum atomic E-state index is 13.1. The van der Waals surface area contributed by atoms with Crippen LogP contribution in [0.15, 0.2) is 18.2 Å². The molecule has 1 saturated carbocycles. The average Bonchev–Trinajstić information content (AvgIpc) is 2.79. The number of carbonyl (C=O) groups is 1. The van der Waals surface area contributed by atoms with E-state index >= 15 is 0 Å². The Morgan fingerprint density at radius 2 is 1.55 bits per heavy atom. The minimum atomic E-state index is 0.0373. The highest BCUT2D eigenvalue weighted by Gasteiger charge is 2.50. The fraction of sp³-hybridized carbons (Fsp3) is 0.731. The molecule has 0 unspecified atom stereocenters. The van der Waals surface area contributed by atoms with Gasteiger partial charge in [-0.3, -0.25) is 4.79 Å². The minimum Gasteiger partial charge on any atom is -0.484 e. The second-order valence-corrected chi connectivity index (χ2v) is 12.8. The highest BCUT2D eigenvalue weighted by atomic mass is 16.5. The molecule has 2 bridgehead atoms. The number of ether oxygens (including phenoxy) is 1. The topological polar surface area (TPSA) is 29.5 Å². The van der Waals surface area contributed by atoms with E-state index in [-0.39, 0.29) is 28.8 Å². The monoisotopic (exact) mass is 399 g/mol. The molecule has 1 amide bonds. The first-order valence-corrected chi connectivity index (χ1v) is 11.2. The molecule has 3 rings (SSSR count). The maximum Gasteiger partial charge on any atom is 0.260 e. The molecule has 2 aliphatic rings. The molecular formula is C26H41NO2. The predicted molar refractivity (Wildman–Crippen MR) is 121 cm³/mol. The van der Waals surface area contributed by atoms with Crippen LogP contribution in [-0.2, 0) is 15.6 Å². The van der Waals surface area contributed by atoms with Gasteiger partial charge in [0.2, 0.25) is 0 Å². The van der Waals surface area contributed by atoms with Gasteiger partial charge in [0.15, 0.2) is 6.61 Å². The fourth-order valence-electron chi connectivity index (χ4n) is 5.53. The summed E-state index contributed by atoms with van der Waals surface area (Å²) in [5.74, 6) is 0.944. The predicted octanol–water partition coefficient (Wildman–Crippen LogP) is 6.09. The number of nitrogens with zero attached hydrogens (tertiary/aromatic N) is 1. The molecule has 1 aliphatic carbocycles. The standard InChI is InChI=1S/C26H41NO2/c1-23(2,3)18-10-19(24(4,5)6)12-21(11-18)29-15-22(28)27-17-26(9)14-20(27)13-25(7,8)16-26/h10-12,20H,13-17H2,1-9H3/t20-,26-/m0/s1. The second-order valence-electron chi connectivity index (χ2n) is 12.8. The Balaban J connectivity index is 1.75. The number of hydrogen-bond acceptors (Lipinski definition) is 2. The molecule has 2 atom stereocenters. The van der Waals surface area contributed by atoms with Gasteiger partial charge in [0.25, 0.3) is 5.91 Å². The molecule has 1 aromatic rings. The molecule has 162 valence electrons. The number of hydrogen-bond donors (Lipinski definition) is 0. The molecule has 29 heavy (non-hydrogen) atoms. The summed E-state index contributed by atoms with van der Waals surface area (Å²) < 4.78 is 6.09. The van der Waals surface area contributed by atoms with E-state index in [2.05, 4.69) is 85.4 Å². The Labute approximate surface area is 178 Å². The van der Waals surface area contributed by atoms with Crippen molar-refractivity contribution < 1.29 is 9.53 Å². The third kappa shape index (κ3) is 4.98. The molecule has 3 nitrogen and oxygen atoms in total. The van der Waals surface area contributed by atoms with Gasteiger partial charge in [0, 0.05) is 12.6 Å². The van der Waals surface area contributed by atoms with E-state index in [0.717, 1.165) is 25.1 Å². The van der Waals surface area contributed by atoms with Crippen molar-refractivity contribution in [3.8, 4) is 5.75 Å². The summed E-state index contributed by atoms with van der Waals surface area (Å²) in [5, 5.41) is 0. The molecule has 1 heterocycles. The number of carbonyl (C=O) groups excluding carboxylic acids is 1. The van der Waals surface area contributed by atoms with Crippen molar-refractivity contribution in [2.45, 2.75) is 98.4 Å². The van der Waals surface area contributed by atoms with Crippen molar-refractivity contribution in [1.82, 2.24) is 4.90 Å². The SMILES string of the molecule is CC1(C)C[C@H]2C[C@](C)(CN2C(=O)COc2cc(C(C)(C)C)cc(C(C)(C)C)c2)C1. The smallest absolute Gasteiger partial charge is 0.260 e. The first kappa shape index (κ1) is 22.2. The Morgan fingerprint density at radius 1 is 1.00 bits per heavy atom. The van der Waals surface area contributed by atoms with Gasteiger partial charge in [-0.15, -0.1) is 0 Å². The summed E-state index contributed by atoms with van der Waals surface area (Å²) in [6, 6.07) is 6.86. The van der Waals surface area contributed by atoms with E-state index in [4.69, 9.17) is 4.74 Å². The largest absolute Gasteiger partial charge is 0.484 e. The summed E-state index contributed by atoms with van der Waals surface area (Å²) in [5.41, 5.74) is 3.15. The summed E-state index contributed by atoms with van der Waals surface area (Å²) in [6.07, 6.45) is 3.43. The van der Waals surface area contributed by atoms with E-state index in [9.17, 15) is 4.79 Å². The Morgan fingerprint density at radius 3 is 2.07 bits per heavy atom. The van der Waals surface area contributed by atoms with Crippen LogP contribution in [0.1, 0.15) is 92.7 Å². The van der Waals surface area contributed by atoms with Crippen LogP contribution in [0.2, 0.25) is 0 Å². The van der Waals surface area contributed by atoms with Gasteiger partial charge >= 0.3 is 0 Å². The third-order valence-electron chi connectivity index (χ3n) is 6.74. The van der Waals surface area contributed by atoms with Crippen LogP contribution in [0.3, 0.4) is 0 Å². The number of fused-ring (bicyclic) bond motifs is 2. The van der Waals surface area contributed by atoms with Gasteiger partial charge in [-0.1, -0.05) is 68.4 Å². The highest BCUT2D eigenvalue weighted by molar-refractivity contribution is 5.78. The summed E-state index contributed by atoms with van der Waals surface area (Å²) in [6.45, 7) is 21.3. The quantitative estimate of drug-likeness (QED) is 0.616. The Hall–Kier alpha value is -1.51. The summed E-state index contributed by atoms with van der Waals surface area (Å²) >= 11 is 0. The maximum absolute atomic E-state index is 13.1. The zero-order valence-corrected chi connectivity index (χ0v) is 20.1. The third-order valence-corrected chi connectivity index (χ3v) is 6.74. The molecule has 1 aliphatic heterocycles. The van der Waals surface area contributed by atoms with Crippen LogP contribution < -0.4 is 4.74 Å². The number of rotatable bonds is 3. The van der Waals surface area contributed by atoms with Gasteiger partial charge in [0.1, 0.15) is 5.75 Å². The minimum absolute atomic E-state index is 0.0373. The van der Waals surface area contributed by atoms with Gasteiger partial charge in [0.05, 0.1) is 0 Å². The lowest BCUT2D eigenvalue weighted by Crippen LogP contribution is -2.40. The zero-order chi connectivity index (χ0) is 21.8. The van der Waals surface area contributed by atoms with Crippen LogP contribution in [0.25, 0.3) is 0 Å². The molecular weight excluding hydrogens is 358 g/mol. The summed E-state index contributed by atoms with van der Waals surface area (Å²) in [4.78, 5) is 15.2. The van der Waals surface area contributed by atoms with Gasteiger partial charge in [-0.2, -0.15) is 0 Å².